The molecular weight excluding hydrogens is 261 g/mol. The molecule has 0 aliphatic carbocycles. The minimum Gasteiger partial charge on any atom is -0.310 e. The van der Waals surface area contributed by atoms with E-state index in [0.717, 1.165) is 19.4 Å². The van der Waals surface area contributed by atoms with Crippen molar-refractivity contribution in [1.29, 1.82) is 0 Å². The van der Waals surface area contributed by atoms with Crippen LogP contribution in [0.2, 0.25) is 0 Å². The lowest BCUT2D eigenvalue weighted by Gasteiger charge is -2.21. The number of benzene rings is 2. The van der Waals surface area contributed by atoms with Gasteiger partial charge in [0.15, 0.2) is 0 Å². The third-order valence-corrected chi connectivity index (χ3v) is 3.63. The SMILES string of the molecule is CC(C)CC(NCCc1ccc(F)cc1)c1ccccc1. The third-order valence-electron chi connectivity index (χ3n) is 3.63. The molecule has 1 atom stereocenters. The first-order valence-electron chi connectivity index (χ1n) is 7.68. The second-order valence-corrected chi connectivity index (χ2v) is 5.92. The molecular formula is C19H24FN. The van der Waals surface area contributed by atoms with E-state index in [0.29, 0.717) is 12.0 Å². The molecule has 2 rings (SSSR count). The lowest BCUT2D eigenvalue weighted by Crippen LogP contribution is -2.25. The second kappa shape index (κ2) is 7.94. The normalized spacial score (nSPS) is 12.6. The fraction of sp³-hybridized carbons (Fsp3) is 0.368. The summed E-state index contributed by atoms with van der Waals surface area (Å²) in [6, 6.07) is 17.7. The predicted molar refractivity (Wildman–Crippen MR) is 86.7 cm³/mol. The molecule has 0 fully saturated rings. The molecule has 2 aromatic rings. The van der Waals surface area contributed by atoms with Gasteiger partial charge < -0.3 is 5.32 Å². The van der Waals surface area contributed by atoms with E-state index in [2.05, 4.69) is 49.5 Å². The van der Waals surface area contributed by atoms with Gasteiger partial charge in [0.2, 0.25) is 0 Å². The Morgan fingerprint density at radius 2 is 1.62 bits per heavy atom. The Morgan fingerprint density at radius 1 is 0.952 bits per heavy atom. The molecule has 2 aromatic carbocycles. The standard InChI is InChI=1S/C19H24FN/c1-15(2)14-19(17-6-4-3-5-7-17)21-13-12-16-8-10-18(20)11-9-16/h3-11,15,19,21H,12-14H2,1-2H3. The zero-order chi connectivity index (χ0) is 15.1. The molecule has 0 bridgehead atoms. The van der Waals surface area contributed by atoms with Crippen LogP contribution in [0.15, 0.2) is 54.6 Å². The molecule has 21 heavy (non-hydrogen) atoms. The monoisotopic (exact) mass is 285 g/mol. The van der Waals surface area contributed by atoms with Crippen LogP contribution >= 0.6 is 0 Å². The van der Waals surface area contributed by atoms with Crippen molar-refractivity contribution in [2.75, 3.05) is 6.54 Å². The molecule has 2 heteroatoms. The van der Waals surface area contributed by atoms with E-state index in [1.54, 1.807) is 0 Å². The van der Waals surface area contributed by atoms with E-state index >= 15 is 0 Å². The molecule has 0 saturated heterocycles. The minimum absolute atomic E-state index is 0.173. The summed E-state index contributed by atoms with van der Waals surface area (Å²) >= 11 is 0. The van der Waals surface area contributed by atoms with Gasteiger partial charge in [-0.2, -0.15) is 0 Å². The highest BCUT2D eigenvalue weighted by Crippen LogP contribution is 2.21. The van der Waals surface area contributed by atoms with Gasteiger partial charge in [-0.25, -0.2) is 4.39 Å². The molecule has 0 aliphatic rings. The van der Waals surface area contributed by atoms with E-state index in [1.807, 2.05) is 12.1 Å². The summed E-state index contributed by atoms with van der Waals surface area (Å²) in [6.45, 7) is 5.40. The Morgan fingerprint density at radius 3 is 2.24 bits per heavy atom. The van der Waals surface area contributed by atoms with Crippen molar-refractivity contribution in [3.8, 4) is 0 Å². The lowest BCUT2D eigenvalue weighted by atomic mass is 9.97. The van der Waals surface area contributed by atoms with Crippen LogP contribution in [0.1, 0.15) is 37.4 Å². The summed E-state index contributed by atoms with van der Waals surface area (Å²) in [5, 5.41) is 3.64. The number of rotatable bonds is 7. The van der Waals surface area contributed by atoms with E-state index in [1.165, 1.54) is 23.3 Å². The second-order valence-electron chi connectivity index (χ2n) is 5.92. The molecule has 1 nitrogen and oxygen atoms in total. The predicted octanol–water partition coefficient (Wildman–Crippen LogP) is 4.75. The zero-order valence-corrected chi connectivity index (χ0v) is 12.9. The van der Waals surface area contributed by atoms with Crippen LogP contribution in [0.3, 0.4) is 0 Å². The van der Waals surface area contributed by atoms with Gasteiger partial charge in [-0.05, 0) is 48.6 Å². The molecule has 0 spiro atoms. The van der Waals surface area contributed by atoms with E-state index < -0.39 is 0 Å². The summed E-state index contributed by atoms with van der Waals surface area (Å²) in [5.41, 5.74) is 2.51. The van der Waals surface area contributed by atoms with Crippen LogP contribution < -0.4 is 5.32 Å². The molecule has 112 valence electrons. The van der Waals surface area contributed by atoms with Gasteiger partial charge in [-0.1, -0.05) is 56.3 Å². The van der Waals surface area contributed by atoms with Crippen molar-refractivity contribution in [2.24, 2.45) is 5.92 Å². The first kappa shape index (κ1) is 15.7. The van der Waals surface area contributed by atoms with Crippen molar-refractivity contribution in [1.82, 2.24) is 5.32 Å². The Balaban J connectivity index is 1.91. The maximum absolute atomic E-state index is 12.9. The van der Waals surface area contributed by atoms with Crippen LogP contribution in [-0.4, -0.2) is 6.54 Å². The van der Waals surface area contributed by atoms with Crippen molar-refractivity contribution in [3.05, 3.63) is 71.5 Å². The summed E-state index contributed by atoms with van der Waals surface area (Å²) in [4.78, 5) is 0. The highest BCUT2D eigenvalue weighted by atomic mass is 19.1. The van der Waals surface area contributed by atoms with Gasteiger partial charge >= 0.3 is 0 Å². The van der Waals surface area contributed by atoms with Crippen molar-refractivity contribution in [3.63, 3.8) is 0 Å². The third kappa shape index (κ3) is 5.31. The van der Waals surface area contributed by atoms with E-state index in [-0.39, 0.29) is 5.82 Å². The zero-order valence-electron chi connectivity index (χ0n) is 12.9. The first-order chi connectivity index (χ1) is 10.1. The first-order valence-corrected chi connectivity index (χ1v) is 7.68. The minimum atomic E-state index is -0.173. The highest BCUT2D eigenvalue weighted by molar-refractivity contribution is 5.19. The average Bonchev–Trinajstić information content (AvgIpc) is 2.49. The van der Waals surface area contributed by atoms with Crippen LogP contribution in [0.5, 0.6) is 0 Å². The lowest BCUT2D eigenvalue weighted by molar-refractivity contribution is 0.432. The van der Waals surface area contributed by atoms with Gasteiger partial charge in [0.05, 0.1) is 0 Å². The van der Waals surface area contributed by atoms with Gasteiger partial charge in [-0.3, -0.25) is 0 Å². The number of hydrogen-bond acceptors (Lipinski definition) is 1. The molecule has 1 unspecified atom stereocenters. The van der Waals surface area contributed by atoms with E-state index in [4.69, 9.17) is 0 Å². The van der Waals surface area contributed by atoms with Gasteiger partial charge in [0, 0.05) is 6.04 Å². The van der Waals surface area contributed by atoms with Crippen LogP contribution in [0, 0.1) is 11.7 Å². The molecule has 0 aromatic heterocycles. The van der Waals surface area contributed by atoms with Crippen molar-refractivity contribution >= 4 is 0 Å². The maximum atomic E-state index is 12.9. The van der Waals surface area contributed by atoms with Gasteiger partial charge in [-0.15, -0.1) is 0 Å². The molecule has 0 radical (unpaired) electrons. The Bertz CT molecular complexity index is 519. The number of hydrogen-bond donors (Lipinski definition) is 1. The highest BCUT2D eigenvalue weighted by Gasteiger charge is 2.12. The summed E-state index contributed by atoms with van der Waals surface area (Å²) in [6.07, 6.45) is 2.04. The largest absolute Gasteiger partial charge is 0.310 e. The Hall–Kier alpha value is -1.67. The maximum Gasteiger partial charge on any atom is 0.123 e. The number of halogens is 1. The fourth-order valence-electron chi connectivity index (χ4n) is 2.54. The summed E-state index contributed by atoms with van der Waals surface area (Å²) < 4.78 is 12.9. The van der Waals surface area contributed by atoms with Gasteiger partial charge in [0.1, 0.15) is 5.82 Å². The van der Waals surface area contributed by atoms with Crippen molar-refractivity contribution in [2.45, 2.75) is 32.7 Å². The molecule has 0 saturated carbocycles. The quantitative estimate of drug-likeness (QED) is 0.774. The topological polar surface area (TPSA) is 12.0 Å². The van der Waals surface area contributed by atoms with Crippen LogP contribution in [-0.2, 0) is 6.42 Å². The Kier molecular flexibility index (Phi) is 5.94. The van der Waals surface area contributed by atoms with E-state index in [9.17, 15) is 4.39 Å². The fourth-order valence-corrected chi connectivity index (χ4v) is 2.54. The Labute approximate surface area is 127 Å². The average molecular weight is 285 g/mol. The molecule has 0 heterocycles. The molecule has 0 amide bonds. The van der Waals surface area contributed by atoms with Crippen molar-refractivity contribution < 1.29 is 4.39 Å². The molecule has 1 N–H and O–H groups in total. The van der Waals surface area contributed by atoms with Crippen LogP contribution in [0.4, 0.5) is 4.39 Å². The number of nitrogens with one attached hydrogen (secondary N) is 1. The van der Waals surface area contributed by atoms with Crippen LogP contribution in [0.25, 0.3) is 0 Å². The smallest absolute Gasteiger partial charge is 0.123 e. The van der Waals surface area contributed by atoms with Gasteiger partial charge in [0.25, 0.3) is 0 Å². The summed E-state index contributed by atoms with van der Waals surface area (Å²) in [7, 11) is 0. The summed E-state index contributed by atoms with van der Waals surface area (Å²) in [5.74, 6) is 0.474. The molecule has 0 aliphatic heterocycles.